The molecule has 0 bridgehead atoms. The van der Waals surface area contributed by atoms with E-state index in [9.17, 15) is 9.18 Å². The number of nitrogens with two attached hydrogens (primary N) is 1. The lowest BCUT2D eigenvalue weighted by atomic mass is 10.1. The van der Waals surface area contributed by atoms with E-state index in [0.29, 0.717) is 16.4 Å². The minimum atomic E-state index is -0.351. The summed E-state index contributed by atoms with van der Waals surface area (Å²) >= 11 is 1.28. The molecule has 3 aromatic rings. The summed E-state index contributed by atoms with van der Waals surface area (Å²) in [6.07, 6.45) is 1.77. The fourth-order valence-corrected chi connectivity index (χ4v) is 3.25. The number of aromatic nitrogens is 2. The molecule has 0 aliphatic heterocycles. The van der Waals surface area contributed by atoms with E-state index >= 15 is 0 Å². The molecular weight excluding hydrogens is 313 g/mol. The maximum atomic E-state index is 14.1. The Morgan fingerprint density at radius 3 is 2.65 bits per heavy atom. The fraction of sp³-hybridized carbons (Fsp3) is 0.176. The number of hydrogen-bond acceptors (Lipinski definition) is 4. The van der Waals surface area contributed by atoms with Crippen molar-refractivity contribution in [3.05, 3.63) is 58.8 Å². The Morgan fingerprint density at radius 1 is 1.22 bits per heavy atom. The topological polar surface area (TPSA) is 60.9 Å². The second-order valence-corrected chi connectivity index (χ2v) is 6.50. The van der Waals surface area contributed by atoms with Crippen molar-refractivity contribution in [2.24, 2.45) is 0 Å². The van der Waals surface area contributed by atoms with Crippen LogP contribution in [0.25, 0.3) is 21.7 Å². The van der Waals surface area contributed by atoms with E-state index in [2.05, 4.69) is 4.98 Å². The van der Waals surface area contributed by atoms with E-state index < -0.39 is 0 Å². The van der Waals surface area contributed by atoms with Gasteiger partial charge in [-0.25, -0.2) is 9.37 Å². The lowest BCUT2D eigenvalue weighted by molar-refractivity contribution is 0.579. The molecule has 0 aliphatic carbocycles. The highest BCUT2D eigenvalue weighted by Crippen LogP contribution is 2.38. The summed E-state index contributed by atoms with van der Waals surface area (Å²) in [6.45, 7) is 3.87. The highest BCUT2D eigenvalue weighted by atomic mass is 32.1. The van der Waals surface area contributed by atoms with E-state index in [1.165, 1.54) is 23.5 Å². The molecule has 23 heavy (non-hydrogen) atoms. The third kappa shape index (κ3) is 2.90. The molecule has 0 saturated carbocycles. The molecule has 0 spiro atoms. The van der Waals surface area contributed by atoms with Crippen LogP contribution in [-0.4, -0.2) is 9.55 Å². The van der Waals surface area contributed by atoms with E-state index in [1.807, 2.05) is 13.8 Å². The monoisotopic (exact) mass is 329 g/mol. The molecule has 0 aliphatic rings. The molecule has 0 fully saturated rings. The summed E-state index contributed by atoms with van der Waals surface area (Å²) < 4.78 is 15.8. The first kappa shape index (κ1) is 15.4. The van der Waals surface area contributed by atoms with Crippen molar-refractivity contribution in [2.45, 2.75) is 19.9 Å². The van der Waals surface area contributed by atoms with Gasteiger partial charge in [-0.2, -0.15) is 0 Å². The van der Waals surface area contributed by atoms with Gasteiger partial charge in [0.2, 0.25) is 0 Å². The fourth-order valence-electron chi connectivity index (χ4n) is 2.41. The molecule has 0 unspecified atom stereocenters. The van der Waals surface area contributed by atoms with Gasteiger partial charge in [-0.3, -0.25) is 4.79 Å². The lowest BCUT2D eigenvalue weighted by Gasteiger charge is -2.11. The predicted molar refractivity (Wildman–Crippen MR) is 92.0 cm³/mol. The van der Waals surface area contributed by atoms with Crippen LogP contribution in [0.4, 0.5) is 9.52 Å². The molecule has 0 atom stereocenters. The van der Waals surface area contributed by atoms with Gasteiger partial charge in [0.25, 0.3) is 5.56 Å². The van der Waals surface area contributed by atoms with Crippen LogP contribution in [-0.2, 0) is 0 Å². The van der Waals surface area contributed by atoms with Crippen LogP contribution < -0.4 is 11.3 Å². The highest BCUT2D eigenvalue weighted by molar-refractivity contribution is 7.19. The second kappa shape index (κ2) is 5.96. The molecule has 6 heteroatoms. The lowest BCUT2D eigenvalue weighted by Crippen LogP contribution is -2.20. The van der Waals surface area contributed by atoms with Gasteiger partial charge in [0.15, 0.2) is 5.13 Å². The predicted octanol–water partition coefficient (Wildman–Crippen LogP) is 3.94. The first-order valence-corrected chi connectivity index (χ1v) is 8.03. The molecule has 0 amide bonds. The maximum absolute atomic E-state index is 14.1. The average molecular weight is 329 g/mol. The molecule has 2 N–H and O–H groups in total. The molecule has 1 aromatic carbocycles. The van der Waals surface area contributed by atoms with Crippen molar-refractivity contribution < 1.29 is 4.39 Å². The molecule has 0 saturated heterocycles. The zero-order valence-corrected chi connectivity index (χ0v) is 13.6. The first-order valence-electron chi connectivity index (χ1n) is 7.21. The van der Waals surface area contributed by atoms with Crippen LogP contribution in [0.1, 0.15) is 19.9 Å². The number of hydrogen-bond donors (Lipinski definition) is 1. The zero-order chi connectivity index (χ0) is 16.6. The van der Waals surface area contributed by atoms with Crippen LogP contribution >= 0.6 is 11.3 Å². The summed E-state index contributed by atoms with van der Waals surface area (Å²) in [4.78, 5) is 17.0. The number of halogens is 1. The van der Waals surface area contributed by atoms with E-state index in [1.54, 1.807) is 35.0 Å². The van der Waals surface area contributed by atoms with Crippen LogP contribution in [0.2, 0.25) is 0 Å². The molecular formula is C17H16FN3OS. The molecule has 0 radical (unpaired) electrons. The zero-order valence-electron chi connectivity index (χ0n) is 12.8. The smallest absolute Gasteiger partial charge is 0.250 e. The standard InChI is InChI=1S/C17H16FN3OS/c1-10(2)21-9-11(7-8-14(21)22)16-15(20-17(19)23-16)12-5-3-4-6-13(12)18/h3-10H,1-2H3,(H2,19,20). The van der Waals surface area contributed by atoms with E-state index in [4.69, 9.17) is 5.73 Å². The van der Waals surface area contributed by atoms with Gasteiger partial charge < -0.3 is 10.3 Å². The van der Waals surface area contributed by atoms with Crippen molar-refractivity contribution in [2.75, 3.05) is 5.73 Å². The average Bonchev–Trinajstić information content (AvgIpc) is 2.89. The number of nitrogen functional groups attached to an aromatic ring is 1. The van der Waals surface area contributed by atoms with Crippen LogP contribution in [0.15, 0.2) is 47.4 Å². The third-order valence-corrected chi connectivity index (χ3v) is 4.46. The quantitative estimate of drug-likeness (QED) is 0.791. The minimum Gasteiger partial charge on any atom is -0.375 e. The van der Waals surface area contributed by atoms with Gasteiger partial charge in [0.05, 0.1) is 10.6 Å². The van der Waals surface area contributed by atoms with E-state index in [0.717, 1.165) is 10.4 Å². The van der Waals surface area contributed by atoms with Crippen molar-refractivity contribution in [3.8, 4) is 21.7 Å². The third-order valence-electron chi connectivity index (χ3n) is 3.53. The number of benzene rings is 1. The van der Waals surface area contributed by atoms with Crippen molar-refractivity contribution in [1.82, 2.24) is 9.55 Å². The first-order chi connectivity index (χ1) is 11.0. The molecule has 4 nitrogen and oxygen atoms in total. The van der Waals surface area contributed by atoms with Crippen molar-refractivity contribution >= 4 is 16.5 Å². The Balaban J connectivity index is 2.21. The van der Waals surface area contributed by atoms with Crippen molar-refractivity contribution in [1.29, 1.82) is 0 Å². The normalized spacial score (nSPS) is 11.1. The SMILES string of the molecule is CC(C)n1cc(-c2sc(N)nc2-c2ccccc2F)ccc1=O. The van der Waals surface area contributed by atoms with Gasteiger partial charge in [0, 0.05) is 29.4 Å². The molecule has 2 heterocycles. The van der Waals surface area contributed by atoms with Crippen LogP contribution in [0, 0.1) is 5.82 Å². The molecule has 3 rings (SSSR count). The Kier molecular flexibility index (Phi) is 4.00. The summed E-state index contributed by atoms with van der Waals surface area (Å²) in [5, 5.41) is 0.362. The van der Waals surface area contributed by atoms with Gasteiger partial charge in [-0.15, -0.1) is 0 Å². The minimum absolute atomic E-state index is 0.0321. The molecule has 118 valence electrons. The van der Waals surface area contributed by atoms with E-state index in [-0.39, 0.29) is 17.4 Å². The Morgan fingerprint density at radius 2 is 1.96 bits per heavy atom. The second-order valence-electron chi connectivity index (χ2n) is 5.47. The number of anilines is 1. The Bertz CT molecular complexity index is 914. The Labute approximate surface area is 137 Å². The Hall–Kier alpha value is -2.47. The van der Waals surface area contributed by atoms with Gasteiger partial charge in [0.1, 0.15) is 5.82 Å². The highest BCUT2D eigenvalue weighted by Gasteiger charge is 2.17. The summed E-state index contributed by atoms with van der Waals surface area (Å²) in [5.41, 5.74) is 7.47. The van der Waals surface area contributed by atoms with Gasteiger partial charge in [-0.1, -0.05) is 23.5 Å². The number of thiazole rings is 1. The number of nitrogens with zero attached hydrogens (tertiary/aromatic N) is 2. The van der Waals surface area contributed by atoms with Crippen LogP contribution in [0.3, 0.4) is 0 Å². The van der Waals surface area contributed by atoms with Gasteiger partial charge in [-0.05, 0) is 32.0 Å². The van der Waals surface area contributed by atoms with Crippen LogP contribution in [0.5, 0.6) is 0 Å². The number of pyridine rings is 1. The largest absolute Gasteiger partial charge is 0.375 e. The summed E-state index contributed by atoms with van der Waals surface area (Å²) in [5.74, 6) is -0.351. The maximum Gasteiger partial charge on any atom is 0.250 e. The summed E-state index contributed by atoms with van der Waals surface area (Å²) in [6, 6.07) is 9.72. The number of rotatable bonds is 3. The molecule has 2 aromatic heterocycles. The van der Waals surface area contributed by atoms with Crippen molar-refractivity contribution in [3.63, 3.8) is 0 Å². The summed E-state index contributed by atoms with van der Waals surface area (Å²) in [7, 11) is 0. The van der Waals surface area contributed by atoms with Gasteiger partial charge >= 0.3 is 0 Å².